The van der Waals surface area contributed by atoms with Crippen molar-refractivity contribution in [3.8, 4) is 5.75 Å². The summed E-state index contributed by atoms with van der Waals surface area (Å²) in [5.41, 5.74) is 3.00. The van der Waals surface area contributed by atoms with Crippen LogP contribution in [0, 0.1) is 6.92 Å². The fourth-order valence-corrected chi connectivity index (χ4v) is 4.03. The largest absolute Gasteiger partial charge is 0.508 e. The normalized spacial score (nSPS) is 12.0. The number of aliphatic hydroxyl groups is 1. The highest BCUT2D eigenvalue weighted by Gasteiger charge is 2.22. The van der Waals surface area contributed by atoms with Gasteiger partial charge in [-0.25, -0.2) is 0 Å². The van der Waals surface area contributed by atoms with Crippen LogP contribution in [0.25, 0.3) is 10.9 Å². The van der Waals surface area contributed by atoms with E-state index in [0.29, 0.717) is 38.3 Å². The number of carbonyl (C=O) groups is 2. The van der Waals surface area contributed by atoms with E-state index in [9.17, 15) is 19.8 Å². The van der Waals surface area contributed by atoms with Crippen molar-refractivity contribution in [1.82, 2.24) is 9.88 Å². The van der Waals surface area contributed by atoms with Crippen LogP contribution in [-0.4, -0.2) is 33.1 Å². The summed E-state index contributed by atoms with van der Waals surface area (Å²) in [5.74, 6) is -0.514. The van der Waals surface area contributed by atoms with E-state index in [1.165, 1.54) is 6.07 Å². The minimum absolute atomic E-state index is 0.00576. The predicted molar refractivity (Wildman–Crippen MR) is 128 cm³/mol. The monoisotopic (exact) mass is 462 g/mol. The molecule has 4 rings (SSSR count). The van der Waals surface area contributed by atoms with Gasteiger partial charge in [-0.1, -0.05) is 41.9 Å². The van der Waals surface area contributed by atoms with Crippen LogP contribution in [0.15, 0.2) is 72.8 Å². The molecule has 0 aliphatic heterocycles. The lowest BCUT2D eigenvalue weighted by molar-refractivity contribution is -0.120. The third-order valence-corrected chi connectivity index (χ3v) is 5.88. The average Bonchev–Trinajstić information content (AvgIpc) is 3.08. The highest BCUT2D eigenvalue weighted by molar-refractivity contribution is 6.30. The van der Waals surface area contributed by atoms with Gasteiger partial charge >= 0.3 is 0 Å². The zero-order chi connectivity index (χ0) is 23.5. The topological polar surface area (TPSA) is 91.6 Å². The molecule has 7 heteroatoms. The number of aromatic nitrogens is 1. The maximum Gasteiger partial charge on any atom is 0.262 e. The molecule has 168 valence electrons. The van der Waals surface area contributed by atoms with Crippen molar-refractivity contribution < 1.29 is 19.8 Å². The number of benzene rings is 3. The number of rotatable bonds is 6. The standard InChI is InChI=1S/C26H23ClN2O4/c1-16-21(14-25(32)28-15-24(31)17-5-3-2-4-6-17)22-13-20(30)11-12-23(22)29(16)26(33)18-7-9-19(27)10-8-18/h2-13,24,30-31H,14-15H2,1H3,(H,28,32). The molecular formula is C26H23ClN2O4. The number of carbonyl (C=O) groups excluding carboxylic acids is 2. The number of hydrogen-bond donors (Lipinski definition) is 3. The number of phenolic OH excluding ortho intramolecular Hbond substituents is 1. The Hall–Kier alpha value is -3.61. The van der Waals surface area contributed by atoms with Gasteiger partial charge in [0.1, 0.15) is 5.75 Å². The van der Waals surface area contributed by atoms with Gasteiger partial charge in [0.25, 0.3) is 5.91 Å². The van der Waals surface area contributed by atoms with Gasteiger partial charge < -0.3 is 15.5 Å². The molecule has 4 aromatic rings. The van der Waals surface area contributed by atoms with Crippen molar-refractivity contribution in [1.29, 1.82) is 0 Å². The molecule has 3 N–H and O–H groups in total. The molecule has 1 amide bonds. The van der Waals surface area contributed by atoms with E-state index >= 15 is 0 Å². The highest BCUT2D eigenvalue weighted by atomic mass is 35.5. The molecule has 1 heterocycles. The summed E-state index contributed by atoms with van der Waals surface area (Å²) in [4.78, 5) is 26.0. The highest BCUT2D eigenvalue weighted by Crippen LogP contribution is 2.30. The van der Waals surface area contributed by atoms with Crippen molar-refractivity contribution in [3.05, 3.63) is 100 Å². The molecule has 0 saturated carbocycles. The SMILES string of the molecule is Cc1c(CC(=O)NCC(O)c2ccccc2)c2cc(O)ccc2n1C(=O)c1ccc(Cl)cc1. The van der Waals surface area contributed by atoms with E-state index in [2.05, 4.69) is 5.32 Å². The zero-order valence-corrected chi connectivity index (χ0v) is 18.7. The van der Waals surface area contributed by atoms with Gasteiger partial charge in [-0.3, -0.25) is 14.2 Å². The Morgan fingerprint density at radius 3 is 2.42 bits per heavy atom. The quantitative estimate of drug-likeness (QED) is 0.396. The third kappa shape index (κ3) is 4.77. The van der Waals surface area contributed by atoms with E-state index < -0.39 is 6.10 Å². The molecule has 1 aromatic heterocycles. The molecule has 0 fully saturated rings. The Labute approximate surface area is 196 Å². The number of halogens is 1. The molecule has 0 bridgehead atoms. The lowest BCUT2D eigenvalue weighted by atomic mass is 10.1. The maximum atomic E-state index is 13.3. The molecule has 0 saturated heterocycles. The fourth-order valence-electron chi connectivity index (χ4n) is 3.90. The van der Waals surface area contributed by atoms with Crippen molar-refractivity contribution >= 4 is 34.3 Å². The summed E-state index contributed by atoms with van der Waals surface area (Å²) in [6.45, 7) is 1.84. The number of fused-ring (bicyclic) bond motifs is 1. The molecule has 1 unspecified atom stereocenters. The van der Waals surface area contributed by atoms with E-state index in [0.717, 1.165) is 0 Å². The Balaban J connectivity index is 1.61. The van der Waals surface area contributed by atoms with Crippen LogP contribution in [0.2, 0.25) is 5.02 Å². The van der Waals surface area contributed by atoms with Crippen LogP contribution >= 0.6 is 11.6 Å². The summed E-state index contributed by atoms with van der Waals surface area (Å²) in [7, 11) is 0. The lowest BCUT2D eigenvalue weighted by Gasteiger charge is -2.12. The Bertz CT molecular complexity index is 1310. The number of phenols is 1. The van der Waals surface area contributed by atoms with Crippen LogP contribution in [0.3, 0.4) is 0 Å². The minimum atomic E-state index is -0.826. The predicted octanol–water partition coefficient (Wildman–Crippen LogP) is 4.39. The first kappa shape index (κ1) is 22.6. The molecular weight excluding hydrogens is 440 g/mol. The summed E-state index contributed by atoms with van der Waals surface area (Å²) >= 11 is 5.95. The van der Waals surface area contributed by atoms with Crippen LogP contribution in [0.5, 0.6) is 5.75 Å². The molecule has 33 heavy (non-hydrogen) atoms. The Morgan fingerprint density at radius 1 is 1.03 bits per heavy atom. The second-order valence-electron chi connectivity index (χ2n) is 7.82. The van der Waals surface area contributed by atoms with Gasteiger partial charge in [0.2, 0.25) is 5.91 Å². The van der Waals surface area contributed by atoms with Crippen molar-refractivity contribution in [2.45, 2.75) is 19.4 Å². The molecule has 0 aliphatic rings. The number of amides is 1. The second kappa shape index (κ2) is 9.48. The van der Waals surface area contributed by atoms with Gasteiger partial charge in [0, 0.05) is 28.2 Å². The summed E-state index contributed by atoms with van der Waals surface area (Å²) in [6.07, 6.45) is -0.832. The first-order valence-electron chi connectivity index (χ1n) is 10.5. The van der Waals surface area contributed by atoms with Gasteiger partial charge in [-0.05, 0) is 60.5 Å². The van der Waals surface area contributed by atoms with E-state index in [-0.39, 0.29) is 30.5 Å². The summed E-state index contributed by atoms with van der Waals surface area (Å²) in [5, 5.41) is 24.2. The second-order valence-corrected chi connectivity index (χ2v) is 8.26. The maximum absolute atomic E-state index is 13.3. The molecule has 6 nitrogen and oxygen atoms in total. The van der Waals surface area contributed by atoms with Gasteiger partial charge in [-0.2, -0.15) is 0 Å². The Morgan fingerprint density at radius 2 is 1.73 bits per heavy atom. The van der Waals surface area contributed by atoms with Gasteiger partial charge in [0.05, 0.1) is 18.0 Å². The average molecular weight is 463 g/mol. The van der Waals surface area contributed by atoms with Gasteiger partial charge in [0.15, 0.2) is 0 Å². The fraction of sp³-hybridized carbons (Fsp3) is 0.154. The van der Waals surface area contributed by atoms with Crippen LogP contribution in [-0.2, 0) is 11.2 Å². The molecule has 3 aromatic carbocycles. The zero-order valence-electron chi connectivity index (χ0n) is 18.0. The first-order chi connectivity index (χ1) is 15.8. The number of aromatic hydroxyl groups is 1. The van der Waals surface area contributed by atoms with Crippen molar-refractivity contribution in [2.24, 2.45) is 0 Å². The van der Waals surface area contributed by atoms with Crippen molar-refractivity contribution in [3.63, 3.8) is 0 Å². The van der Waals surface area contributed by atoms with E-state index in [1.54, 1.807) is 60.0 Å². The number of aliphatic hydroxyl groups excluding tert-OH is 1. The van der Waals surface area contributed by atoms with E-state index in [1.807, 2.05) is 18.2 Å². The Kier molecular flexibility index (Phi) is 6.49. The third-order valence-electron chi connectivity index (χ3n) is 5.63. The molecule has 0 spiro atoms. The van der Waals surface area contributed by atoms with Crippen molar-refractivity contribution in [2.75, 3.05) is 6.54 Å². The lowest BCUT2D eigenvalue weighted by Crippen LogP contribution is -2.29. The van der Waals surface area contributed by atoms with Crippen LogP contribution in [0.1, 0.15) is 33.3 Å². The molecule has 0 aliphatic carbocycles. The van der Waals surface area contributed by atoms with Gasteiger partial charge in [-0.15, -0.1) is 0 Å². The number of nitrogens with one attached hydrogen (secondary N) is 1. The summed E-state index contributed by atoms with van der Waals surface area (Å²) in [6, 6.07) is 20.4. The summed E-state index contributed by atoms with van der Waals surface area (Å²) < 4.78 is 1.54. The smallest absolute Gasteiger partial charge is 0.262 e. The van der Waals surface area contributed by atoms with Crippen LogP contribution in [0.4, 0.5) is 0 Å². The minimum Gasteiger partial charge on any atom is -0.508 e. The number of nitrogens with zero attached hydrogens (tertiary/aromatic N) is 1. The number of hydrogen-bond acceptors (Lipinski definition) is 4. The molecule has 0 radical (unpaired) electrons. The van der Waals surface area contributed by atoms with E-state index in [4.69, 9.17) is 11.6 Å². The first-order valence-corrected chi connectivity index (χ1v) is 10.9. The molecule has 1 atom stereocenters. The van der Waals surface area contributed by atoms with Crippen LogP contribution < -0.4 is 5.32 Å².